The molecule has 0 radical (unpaired) electrons. The lowest BCUT2D eigenvalue weighted by Gasteiger charge is -2.12. The van der Waals surface area contributed by atoms with Crippen molar-refractivity contribution in [3.63, 3.8) is 0 Å². The molecule has 60 valence electrons. The average molecular weight is 150 g/mol. The van der Waals surface area contributed by atoms with Crippen LogP contribution in [0.4, 0.5) is 0 Å². The van der Waals surface area contributed by atoms with Gasteiger partial charge in [0.1, 0.15) is 6.54 Å². The zero-order valence-electron chi connectivity index (χ0n) is 5.59. The van der Waals surface area contributed by atoms with Crippen molar-refractivity contribution in [3.05, 3.63) is 0 Å². The van der Waals surface area contributed by atoms with E-state index in [9.17, 15) is 4.79 Å². The molecule has 0 heterocycles. The van der Waals surface area contributed by atoms with Gasteiger partial charge in [-0.25, -0.2) is 0 Å². The Morgan fingerprint density at radius 1 is 1.80 bits per heavy atom. The summed E-state index contributed by atoms with van der Waals surface area (Å²) in [6, 6.07) is 0. The quantitative estimate of drug-likeness (QED) is 0.241. The second-order valence-corrected chi connectivity index (χ2v) is 1.64. The number of aliphatic carboxylic acids is 1. The van der Waals surface area contributed by atoms with Crippen molar-refractivity contribution in [2.45, 2.75) is 0 Å². The van der Waals surface area contributed by atoms with Crippen LogP contribution in [-0.2, 0) is 4.79 Å². The third kappa shape index (κ3) is 4.85. The van der Waals surface area contributed by atoms with E-state index in [2.05, 4.69) is 0 Å². The molecule has 0 atom stereocenters. The molecule has 10 heavy (non-hydrogen) atoms. The van der Waals surface area contributed by atoms with Crippen LogP contribution in [0.5, 0.6) is 0 Å². The van der Waals surface area contributed by atoms with Crippen molar-refractivity contribution in [1.82, 2.24) is 4.90 Å². The lowest BCUT2D eigenvalue weighted by molar-refractivity contribution is -0.137. The van der Waals surface area contributed by atoms with E-state index in [4.69, 9.17) is 16.2 Å². The Bertz CT molecular complexity index is 136. The molecule has 6 N–H and O–H groups in total. The van der Waals surface area contributed by atoms with Gasteiger partial charge in [-0.15, -0.1) is 0 Å². The van der Waals surface area contributed by atoms with Crippen LogP contribution in [0.15, 0.2) is 0 Å². The van der Waals surface area contributed by atoms with E-state index < -0.39 is 5.97 Å². The highest BCUT2D eigenvalue weighted by Crippen LogP contribution is 1.76. The van der Waals surface area contributed by atoms with Gasteiger partial charge >= 0.3 is 5.97 Å². The molecule has 0 aliphatic heterocycles. The highest BCUT2D eigenvalue weighted by atomic mass is 16.4. The average Bonchev–Trinajstić information content (AvgIpc) is 1.63. The Morgan fingerprint density at radius 3 is 2.30 bits per heavy atom. The van der Waals surface area contributed by atoms with Crippen LogP contribution in [0, 0.1) is 5.41 Å². The summed E-state index contributed by atoms with van der Waals surface area (Å²) in [6.07, 6.45) is 0. The van der Waals surface area contributed by atoms with E-state index in [0.29, 0.717) is 0 Å². The second kappa shape index (κ2) is 4.57. The summed E-state index contributed by atoms with van der Waals surface area (Å²) >= 11 is 0. The summed E-state index contributed by atoms with van der Waals surface area (Å²) in [4.78, 5) is 11.0. The first-order valence-electron chi connectivity index (χ1n) is 2.31. The monoisotopic (exact) mass is 150 g/mol. The topological polar surface area (TPSA) is 122 Å². The molecule has 0 saturated carbocycles. The van der Waals surface area contributed by atoms with Gasteiger partial charge in [0.05, 0.1) is 0 Å². The molecule has 0 aliphatic carbocycles. The van der Waals surface area contributed by atoms with Crippen LogP contribution in [0.1, 0.15) is 0 Å². The van der Waals surface area contributed by atoms with Crippen LogP contribution in [-0.4, -0.2) is 41.0 Å². The minimum absolute atomic E-state index is 0. The van der Waals surface area contributed by atoms with E-state index in [1.807, 2.05) is 0 Å². The number of nitrogens with zero attached hydrogens (tertiary/aromatic N) is 1. The first-order valence-corrected chi connectivity index (χ1v) is 2.31. The van der Waals surface area contributed by atoms with Crippen LogP contribution < -0.4 is 5.73 Å². The zero-order chi connectivity index (χ0) is 7.44. The highest BCUT2D eigenvalue weighted by Gasteiger charge is 2.03. The molecule has 6 nitrogen and oxygen atoms in total. The first-order chi connectivity index (χ1) is 4.04. The van der Waals surface area contributed by atoms with Gasteiger partial charge in [0.2, 0.25) is 0 Å². The molecular formula is C4H11N3O3. The third-order valence-electron chi connectivity index (χ3n) is 0.784. The minimum Gasteiger partial charge on any atom is -0.480 e. The number of rotatable bonds is 2. The maximum absolute atomic E-state index is 9.92. The van der Waals surface area contributed by atoms with Gasteiger partial charge in [-0.2, -0.15) is 0 Å². The van der Waals surface area contributed by atoms with Crippen molar-refractivity contribution >= 4 is 11.9 Å². The molecule has 0 aromatic rings. The van der Waals surface area contributed by atoms with Crippen LogP contribution >= 0.6 is 0 Å². The predicted molar refractivity (Wildman–Crippen MR) is 35.8 cm³/mol. The number of nitrogens with one attached hydrogen (secondary N) is 1. The molecule has 0 aromatic carbocycles. The lowest BCUT2D eigenvalue weighted by atomic mass is 10.6. The summed E-state index contributed by atoms with van der Waals surface area (Å²) in [5.41, 5.74) is 4.93. The van der Waals surface area contributed by atoms with E-state index in [-0.39, 0.29) is 18.0 Å². The number of carbonyl (C=O) groups is 1. The summed E-state index contributed by atoms with van der Waals surface area (Å²) in [7, 11) is 1.44. The molecule has 6 heteroatoms. The molecule has 0 fully saturated rings. The maximum Gasteiger partial charge on any atom is 0.323 e. The van der Waals surface area contributed by atoms with Crippen molar-refractivity contribution in [2.75, 3.05) is 13.6 Å². The Morgan fingerprint density at radius 2 is 2.20 bits per heavy atom. The van der Waals surface area contributed by atoms with E-state index in [1.54, 1.807) is 0 Å². The molecule has 0 unspecified atom stereocenters. The largest absolute Gasteiger partial charge is 0.480 e. The summed E-state index contributed by atoms with van der Waals surface area (Å²) < 4.78 is 0. The SMILES string of the molecule is CN(CC(=O)O)[13C](=N)N.O. The van der Waals surface area contributed by atoms with E-state index in [1.165, 1.54) is 7.05 Å². The van der Waals surface area contributed by atoms with E-state index in [0.717, 1.165) is 4.90 Å². The standard InChI is InChI=1S/C4H9N3O2.H2O/c1-7(4(5)6)2-3(8)9;/h2H2,1H3,(H3,5,6)(H,8,9);1H2/i4+1;. The number of likely N-dealkylation sites (N-methyl/N-ethyl adjacent to an activating group) is 1. The number of hydrogen-bond acceptors (Lipinski definition) is 2. The van der Waals surface area contributed by atoms with Crippen LogP contribution in [0.2, 0.25) is 0 Å². The lowest BCUT2D eigenvalue weighted by Crippen LogP contribution is -2.36. The predicted octanol–water partition coefficient (Wildman–Crippen LogP) is -1.93. The van der Waals surface area contributed by atoms with Gasteiger partial charge < -0.3 is 21.2 Å². The third-order valence-corrected chi connectivity index (χ3v) is 0.784. The van der Waals surface area contributed by atoms with Crippen molar-refractivity contribution in [2.24, 2.45) is 5.73 Å². The van der Waals surface area contributed by atoms with Gasteiger partial charge in [-0.3, -0.25) is 10.2 Å². The Labute approximate surface area is 58.1 Å². The fraction of sp³-hybridized carbons (Fsp3) is 0.500. The number of nitrogens with two attached hydrogens (primary N) is 1. The molecule has 0 aliphatic rings. The second-order valence-electron chi connectivity index (χ2n) is 1.64. The highest BCUT2D eigenvalue weighted by molar-refractivity contribution is 5.79. The van der Waals surface area contributed by atoms with Crippen molar-refractivity contribution in [1.29, 1.82) is 5.41 Å². The zero-order valence-corrected chi connectivity index (χ0v) is 5.59. The molecule has 0 amide bonds. The fourth-order valence-electron chi connectivity index (χ4n) is 0.288. The van der Waals surface area contributed by atoms with Gasteiger partial charge in [0.25, 0.3) is 0 Å². The number of hydrogen-bond donors (Lipinski definition) is 3. The Balaban J connectivity index is 0. The fourth-order valence-corrected chi connectivity index (χ4v) is 0.288. The maximum atomic E-state index is 9.92. The normalized spacial score (nSPS) is 7.70. The van der Waals surface area contributed by atoms with Crippen molar-refractivity contribution in [3.8, 4) is 0 Å². The summed E-state index contributed by atoms with van der Waals surface area (Å²) in [6.45, 7) is -0.227. The number of carboxylic acid groups (broad SMARTS) is 1. The van der Waals surface area contributed by atoms with Gasteiger partial charge in [-0.1, -0.05) is 0 Å². The smallest absolute Gasteiger partial charge is 0.323 e. The van der Waals surface area contributed by atoms with Crippen LogP contribution in [0.3, 0.4) is 0 Å². The van der Waals surface area contributed by atoms with E-state index >= 15 is 0 Å². The molecule has 0 spiro atoms. The molecular weight excluding hydrogens is 139 g/mol. The molecule has 0 aromatic heterocycles. The number of carboxylic acids is 1. The van der Waals surface area contributed by atoms with Crippen molar-refractivity contribution < 1.29 is 15.4 Å². The minimum atomic E-state index is -0.993. The molecule has 0 saturated heterocycles. The summed E-state index contributed by atoms with van der Waals surface area (Å²) in [5, 5.41) is 14.9. The van der Waals surface area contributed by atoms with Gasteiger partial charge in [0.15, 0.2) is 5.96 Å². The first kappa shape index (κ1) is 11.5. The Hall–Kier alpha value is -1.30. The van der Waals surface area contributed by atoms with Gasteiger partial charge in [0, 0.05) is 7.05 Å². The molecule has 0 rings (SSSR count). The molecule has 0 bridgehead atoms. The Kier molecular flexibility index (Phi) is 5.25. The van der Waals surface area contributed by atoms with Crippen LogP contribution in [0.25, 0.3) is 0 Å². The number of guanidine groups is 1. The summed E-state index contributed by atoms with van der Waals surface area (Å²) in [5.74, 6) is -1.23. The van der Waals surface area contributed by atoms with Gasteiger partial charge in [-0.05, 0) is 0 Å².